The summed E-state index contributed by atoms with van der Waals surface area (Å²) in [5.74, 6) is 0. The Balaban J connectivity index is 0.00000169. The van der Waals surface area contributed by atoms with E-state index in [0.29, 0.717) is 18.5 Å². The van der Waals surface area contributed by atoms with E-state index < -0.39 is 0 Å². The number of para-hydroxylation sites is 2. The van der Waals surface area contributed by atoms with Crippen LogP contribution in [0.4, 0.5) is 0 Å². The predicted molar refractivity (Wildman–Crippen MR) is 99.9 cm³/mol. The molecule has 24 heavy (non-hydrogen) atoms. The number of hydrogen-bond donors (Lipinski definition) is 0. The molecule has 0 saturated carbocycles. The van der Waals surface area contributed by atoms with E-state index in [1.165, 1.54) is 4.57 Å². The highest BCUT2D eigenvalue weighted by Gasteiger charge is 2.17. The van der Waals surface area contributed by atoms with Gasteiger partial charge in [-0.15, -0.1) is 12.4 Å². The Morgan fingerprint density at radius 3 is 2.33 bits per heavy atom. The van der Waals surface area contributed by atoms with Crippen molar-refractivity contribution in [2.24, 2.45) is 0 Å². The minimum atomic E-state index is -0.262. The molecule has 2 aromatic carbocycles. The molecule has 0 aliphatic heterocycles. The van der Waals surface area contributed by atoms with Gasteiger partial charge in [-0.05, 0) is 26.2 Å². The largest absolute Gasteiger partial charge is 0.336 e. The molecule has 0 saturated heterocycles. The van der Waals surface area contributed by atoms with E-state index in [1.54, 1.807) is 10.5 Å². The van der Waals surface area contributed by atoms with Crippen LogP contribution in [0.3, 0.4) is 0 Å². The molecule has 0 amide bonds. The lowest BCUT2D eigenvalue weighted by Gasteiger charge is -2.12. The van der Waals surface area contributed by atoms with E-state index in [0.717, 1.165) is 21.8 Å². The van der Waals surface area contributed by atoms with E-state index in [4.69, 9.17) is 0 Å². The standard InChI is InChI=1S/C18H17N3O2.ClH/c1-19(2)10-11-20-17(22)14-8-5-7-13-12-6-3-4-9-15(12)21(16(13)14)18(20)23;/h3-9H,10-11H2,1-2H3;1H. The van der Waals surface area contributed by atoms with Crippen molar-refractivity contribution in [1.29, 1.82) is 0 Å². The average molecular weight is 344 g/mol. The number of aromatic nitrogens is 2. The van der Waals surface area contributed by atoms with Crippen LogP contribution in [0.15, 0.2) is 52.1 Å². The van der Waals surface area contributed by atoms with Crippen LogP contribution < -0.4 is 11.2 Å². The van der Waals surface area contributed by atoms with Crippen molar-refractivity contribution in [2.45, 2.75) is 6.54 Å². The number of halogens is 1. The second-order valence-electron chi connectivity index (χ2n) is 6.10. The van der Waals surface area contributed by atoms with E-state index in [2.05, 4.69) is 0 Å². The molecule has 0 N–H and O–H groups in total. The molecule has 2 aromatic heterocycles. The summed E-state index contributed by atoms with van der Waals surface area (Å²) in [5.41, 5.74) is 1.10. The summed E-state index contributed by atoms with van der Waals surface area (Å²) < 4.78 is 3.02. The van der Waals surface area contributed by atoms with Crippen LogP contribution in [0.1, 0.15) is 0 Å². The Labute approximate surface area is 144 Å². The van der Waals surface area contributed by atoms with Gasteiger partial charge in [-0.3, -0.25) is 13.8 Å². The van der Waals surface area contributed by atoms with Gasteiger partial charge >= 0.3 is 5.69 Å². The molecule has 2 heterocycles. The predicted octanol–water partition coefficient (Wildman–Crippen LogP) is 2.19. The molecule has 124 valence electrons. The third-order valence-corrected chi connectivity index (χ3v) is 4.36. The smallest absolute Gasteiger partial charge is 0.308 e. The van der Waals surface area contributed by atoms with Gasteiger partial charge in [-0.1, -0.05) is 30.3 Å². The van der Waals surface area contributed by atoms with Gasteiger partial charge in [-0.25, -0.2) is 4.79 Å². The first-order chi connectivity index (χ1) is 11.1. The summed E-state index contributed by atoms with van der Waals surface area (Å²) in [4.78, 5) is 27.7. The molecule has 0 fully saturated rings. The van der Waals surface area contributed by atoms with Crippen molar-refractivity contribution in [2.75, 3.05) is 20.6 Å². The normalized spacial score (nSPS) is 11.6. The molecule has 0 unspecified atom stereocenters. The summed E-state index contributed by atoms with van der Waals surface area (Å²) in [6.07, 6.45) is 0. The SMILES string of the molecule is CN(C)CCn1c(=O)c2cccc3c4ccccc4n(c1=O)c23.Cl. The molecular weight excluding hydrogens is 326 g/mol. The van der Waals surface area contributed by atoms with Crippen LogP contribution in [0.25, 0.3) is 27.2 Å². The molecular formula is C18H18ClN3O2. The summed E-state index contributed by atoms with van der Waals surface area (Å²) in [6.45, 7) is 1.02. The molecule has 0 bridgehead atoms. The monoisotopic (exact) mass is 343 g/mol. The van der Waals surface area contributed by atoms with Crippen LogP contribution in [-0.2, 0) is 6.54 Å². The first-order valence-electron chi connectivity index (χ1n) is 7.62. The fourth-order valence-electron chi connectivity index (χ4n) is 3.24. The van der Waals surface area contributed by atoms with Crippen molar-refractivity contribution in [3.63, 3.8) is 0 Å². The molecule has 4 rings (SSSR count). The number of hydrogen-bond acceptors (Lipinski definition) is 3. The van der Waals surface area contributed by atoms with Crippen molar-refractivity contribution < 1.29 is 0 Å². The Hall–Kier alpha value is -2.37. The minimum Gasteiger partial charge on any atom is -0.308 e. The summed E-state index contributed by atoms with van der Waals surface area (Å²) in [7, 11) is 3.85. The van der Waals surface area contributed by atoms with E-state index in [-0.39, 0.29) is 23.7 Å². The Kier molecular flexibility index (Phi) is 4.07. The van der Waals surface area contributed by atoms with E-state index >= 15 is 0 Å². The summed E-state index contributed by atoms with van der Waals surface area (Å²) in [6, 6.07) is 13.4. The van der Waals surface area contributed by atoms with Crippen molar-refractivity contribution in [1.82, 2.24) is 13.9 Å². The topological polar surface area (TPSA) is 46.7 Å². The van der Waals surface area contributed by atoms with Gasteiger partial charge in [0, 0.05) is 23.9 Å². The zero-order valence-electron chi connectivity index (χ0n) is 13.5. The highest BCUT2D eigenvalue weighted by atomic mass is 35.5. The summed E-state index contributed by atoms with van der Waals surface area (Å²) >= 11 is 0. The van der Waals surface area contributed by atoms with Gasteiger partial charge in [0.15, 0.2) is 0 Å². The fraction of sp³-hybridized carbons (Fsp3) is 0.222. The maximum atomic E-state index is 13.0. The van der Waals surface area contributed by atoms with Crippen LogP contribution in [0.2, 0.25) is 0 Å². The maximum Gasteiger partial charge on any atom is 0.336 e. The van der Waals surface area contributed by atoms with Crippen LogP contribution >= 0.6 is 12.4 Å². The zero-order valence-corrected chi connectivity index (χ0v) is 14.3. The number of rotatable bonds is 3. The quantitative estimate of drug-likeness (QED) is 0.573. The highest BCUT2D eigenvalue weighted by Crippen LogP contribution is 2.28. The molecule has 0 spiro atoms. The Bertz CT molecular complexity index is 1140. The third kappa shape index (κ3) is 2.20. The molecule has 0 aliphatic rings. The molecule has 4 aromatic rings. The third-order valence-electron chi connectivity index (χ3n) is 4.36. The van der Waals surface area contributed by atoms with Crippen molar-refractivity contribution in [3.05, 3.63) is 63.3 Å². The number of nitrogens with zero attached hydrogens (tertiary/aromatic N) is 3. The molecule has 6 heteroatoms. The van der Waals surface area contributed by atoms with Gasteiger partial charge in [-0.2, -0.15) is 0 Å². The van der Waals surface area contributed by atoms with Gasteiger partial charge in [0.2, 0.25) is 0 Å². The molecule has 0 atom stereocenters. The Morgan fingerprint density at radius 1 is 0.917 bits per heavy atom. The number of benzene rings is 2. The number of likely N-dealkylation sites (N-methyl/N-ethyl adjacent to an activating group) is 1. The lowest BCUT2D eigenvalue weighted by Crippen LogP contribution is -2.39. The second-order valence-corrected chi connectivity index (χ2v) is 6.10. The molecule has 5 nitrogen and oxygen atoms in total. The Morgan fingerprint density at radius 2 is 1.58 bits per heavy atom. The van der Waals surface area contributed by atoms with Crippen molar-refractivity contribution >= 4 is 39.6 Å². The zero-order chi connectivity index (χ0) is 16.1. The van der Waals surface area contributed by atoms with Gasteiger partial charge in [0.05, 0.1) is 16.4 Å². The van der Waals surface area contributed by atoms with Crippen LogP contribution in [0.5, 0.6) is 0 Å². The van der Waals surface area contributed by atoms with Gasteiger partial charge < -0.3 is 4.90 Å². The average Bonchev–Trinajstić information content (AvgIpc) is 2.88. The second kappa shape index (κ2) is 5.92. The minimum absolute atomic E-state index is 0. The lowest BCUT2D eigenvalue weighted by molar-refractivity contribution is 0.376. The first-order valence-corrected chi connectivity index (χ1v) is 7.62. The van der Waals surface area contributed by atoms with Gasteiger partial charge in [0.25, 0.3) is 5.56 Å². The van der Waals surface area contributed by atoms with Crippen LogP contribution in [0, 0.1) is 0 Å². The maximum absolute atomic E-state index is 13.0. The lowest BCUT2D eigenvalue weighted by atomic mass is 10.1. The summed E-state index contributed by atoms with van der Waals surface area (Å²) in [5, 5.41) is 2.55. The fourth-order valence-corrected chi connectivity index (χ4v) is 3.24. The van der Waals surface area contributed by atoms with E-state index in [1.807, 2.05) is 55.4 Å². The van der Waals surface area contributed by atoms with Crippen LogP contribution in [-0.4, -0.2) is 34.5 Å². The number of fused-ring (bicyclic) bond motifs is 3. The van der Waals surface area contributed by atoms with E-state index in [9.17, 15) is 9.59 Å². The molecule has 0 aliphatic carbocycles. The highest BCUT2D eigenvalue weighted by molar-refractivity contribution is 6.13. The van der Waals surface area contributed by atoms with Gasteiger partial charge in [0.1, 0.15) is 0 Å². The van der Waals surface area contributed by atoms with Crippen molar-refractivity contribution in [3.8, 4) is 0 Å². The molecule has 0 radical (unpaired) electrons. The first kappa shape index (κ1) is 16.5.